The minimum absolute atomic E-state index is 0.125. The van der Waals surface area contributed by atoms with Crippen LogP contribution in [0.5, 0.6) is 0 Å². The molecule has 2 heterocycles. The zero-order valence-corrected chi connectivity index (χ0v) is 46.3. The van der Waals surface area contributed by atoms with Gasteiger partial charge in [0.15, 0.2) is 18.7 Å². The Bertz CT molecular complexity index is 1530. The SMILES string of the molecule is CC/C=C\C/C=C\C/C=C\C/C=C\C/C=C\CCCCCC(=O)OC(COC(=O)CCCCCCCCCCCCCCCCCCCCCC)COC1OC(COC2OC(CO)C(O)C(O)C2O)C(O)C(O)C1O. The topological polar surface area (TPSA) is 231 Å². The van der Waals surface area contributed by atoms with E-state index in [0.29, 0.717) is 12.8 Å². The Morgan fingerprint density at radius 2 is 0.840 bits per heavy atom. The van der Waals surface area contributed by atoms with Crippen molar-refractivity contribution in [3.05, 3.63) is 60.8 Å². The van der Waals surface area contributed by atoms with Crippen molar-refractivity contribution in [2.75, 3.05) is 26.4 Å². The summed E-state index contributed by atoms with van der Waals surface area (Å²) in [5.41, 5.74) is 0. The predicted octanol–water partition coefficient (Wildman–Crippen LogP) is 10.00. The highest BCUT2D eigenvalue weighted by atomic mass is 16.7. The van der Waals surface area contributed by atoms with E-state index in [1.807, 2.05) is 0 Å². The number of ether oxygens (including phenoxy) is 6. The molecule has 2 rings (SSSR count). The number of aliphatic hydroxyl groups is 7. The third-order valence-electron chi connectivity index (χ3n) is 13.8. The second-order valence-corrected chi connectivity index (χ2v) is 20.4. The van der Waals surface area contributed by atoms with Gasteiger partial charge in [-0.2, -0.15) is 0 Å². The molecule has 7 N–H and O–H groups in total. The predicted molar refractivity (Wildman–Crippen MR) is 293 cm³/mol. The lowest BCUT2D eigenvalue weighted by Crippen LogP contribution is -2.61. The van der Waals surface area contributed by atoms with E-state index in [-0.39, 0.29) is 19.4 Å². The molecule has 0 aromatic heterocycles. The van der Waals surface area contributed by atoms with Crippen LogP contribution < -0.4 is 0 Å². The molecule has 0 aromatic rings. The lowest BCUT2D eigenvalue weighted by atomic mass is 9.98. The maximum atomic E-state index is 13.1. The normalized spacial score (nSPS) is 24.9. The molecule has 2 aliphatic rings. The van der Waals surface area contributed by atoms with Crippen molar-refractivity contribution in [3.8, 4) is 0 Å². The zero-order valence-electron chi connectivity index (χ0n) is 46.3. The van der Waals surface area contributed by atoms with Crippen molar-refractivity contribution in [3.63, 3.8) is 0 Å². The molecule has 2 aliphatic heterocycles. The number of esters is 2. The summed E-state index contributed by atoms with van der Waals surface area (Å²) < 4.78 is 33.7. The van der Waals surface area contributed by atoms with Gasteiger partial charge in [-0.15, -0.1) is 0 Å². The highest BCUT2D eigenvalue weighted by molar-refractivity contribution is 5.70. The standard InChI is InChI=1S/C60H104O15/c1-3-5-7-9-11-13-15-17-19-21-23-25-26-28-30-32-34-36-38-40-42-51(62)70-45-48(73-52(63)43-41-39-37-35-33-31-29-27-24-22-20-18-16-14-12-10-8-6-4-2)46-71-59-58(69)56(67)54(65)50(75-59)47-72-60-57(68)55(66)53(64)49(44-61)74-60/h6,8,12,14,18,20,24,27,31,33,48-50,53-61,64-69H,3-5,7,9-11,13,15-17,19,21-23,25-26,28-30,32,34-47H2,1-2H3/b8-6-,14-12-,20-18-,27-24-,33-31-. The molecular formula is C60H104O15. The molecule has 0 aliphatic carbocycles. The first kappa shape index (κ1) is 68.3. The fourth-order valence-corrected chi connectivity index (χ4v) is 9.01. The second kappa shape index (κ2) is 46.1. The first-order chi connectivity index (χ1) is 36.5. The maximum Gasteiger partial charge on any atom is 0.306 e. The Balaban J connectivity index is 1.76. The number of unbranched alkanes of at least 4 members (excludes halogenated alkanes) is 22. The molecule has 11 unspecified atom stereocenters. The third kappa shape index (κ3) is 33.3. The fourth-order valence-electron chi connectivity index (χ4n) is 9.01. The average molecular weight is 1070 g/mol. The molecule has 0 aromatic carbocycles. The van der Waals surface area contributed by atoms with E-state index in [2.05, 4.69) is 74.6 Å². The first-order valence-corrected chi connectivity index (χ1v) is 29.4. The van der Waals surface area contributed by atoms with Crippen LogP contribution in [-0.4, -0.2) is 142 Å². The van der Waals surface area contributed by atoms with Crippen molar-refractivity contribution >= 4 is 11.9 Å². The smallest absolute Gasteiger partial charge is 0.306 e. The number of hydrogen-bond acceptors (Lipinski definition) is 15. The minimum Gasteiger partial charge on any atom is -0.462 e. The Morgan fingerprint density at radius 3 is 1.32 bits per heavy atom. The van der Waals surface area contributed by atoms with Gasteiger partial charge >= 0.3 is 11.9 Å². The largest absolute Gasteiger partial charge is 0.462 e. The highest BCUT2D eigenvalue weighted by Gasteiger charge is 2.47. The van der Waals surface area contributed by atoms with Gasteiger partial charge in [-0.1, -0.05) is 203 Å². The van der Waals surface area contributed by atoms with Crippen molar-refractivity contribution in [1.82, 2.24) is 0 Å². The second-order valence-electron chi connectivity index (χ2n) is 20.4. The van der Waals surface area contributed by atoms with Crippen molar-refractivity contribution in [2.45, 2.75) is 280 Å². The van der Waals surface area contributed by atoms with Crippen LogP contribution in [0.15, 0.2) is 60.8 Å². The van der Waals surface area contributed by atoms with Crippen LogP contribution in [0.1, 0.15) is 213 Å². The van der Waals surface area contributed by atoms with Gasteiger partial charge in [0, 0.05) is 12.8 Å². The Labute approximate surface area is 451 Å². The molecule has 11 atom stereocenters. The molecule has 15 heteroatoms. The molecule has 0 amide bonds. The van der Waals surface area contributed by atoms with Gasteiger partial charge < -0.3 is 64.2 Å². The lowest BCUT2D eigenvalue weighted by molar-refractivity contribution is -0.332. The van der Waals surface area contributed by atoms with E-state index in [9.17, 15) is 45.3 Å². The lowest BCUT2D eigenvalue weighted by Gasteiger charge is -2.42. The van der Waals surface area contributed by atoms with E-state index in [1.54, 1.807) is 0 Å². The van der Waals surface area contributed by atoms with E-state index >= 15 is 0 Å². The average Bonchev–Trinajstić information content (AvgIpc) is 3.40. The molecule has 2 fully saturated rings. The summed E-state index contributed by atoms with van der Waals surface area (Å²) in [5, 5.41) is 72.3. The van der Waals surface area contributed by atoms with E-state index < -0.39 is 99.3 Å². The Hall–Kier alpha value is -2.80. The number of carbonyl (C=O) groups is 2. The van der Waals surface area contributed by atoms with Gasteiger partial charge in [0.05, 0.1) is 19.8 Å². The number of rotatable bonds is 46. The number of hydrogen-bond donors (Lipinski definition) is 7. The zero-order chi connectivity index (χ0) is 54.6. The molecule has 0 bridgehead atoms. The van der Waals surface area contributed by atoms with E-state index in [4.69, 9.17) is 28.4 Å². The molecule has 0 radical (unpaired) electrons. The highest BCUT2D eigenvalue weighted by Crippen LogP contribution is 2.27. The van der Waals surface area contributed by atoms with Gasteiger partial charge in [0.25, 0.3) is 0 Å². The van der Waals surface area contributed by atoms with Crippen molar-refractivity contribution < 1.29 is 73.8 Å². The van der Waals surface area contributed by atoms with Crippen LogP contribution in [0.25, 0.3) is 0 Å². The Morgan fingerprint density at radius 1 is 0.440 bits per heavy atom. The molecule has 0 spiro atoms. The summed E-state index contributed by atoms with van der Waals surface area (Å²) in [4.78, 5) is 25.9. The van der Waals surface area contributed by atoms with Gasteiger partial charge in [-0.25, -0.2) is 0 Å². The molecule has 75 heavy (non-hydrogen) atoms. The van der Waals surface area contributed by atoms with Crippen molar-refractivity contribution in [1.29, 1.82) is 0 Å². The van der Waals surface area contributed by atoms with Crippen LogP contribution in [0.2, 0.25) is 0 Å². The van der Waals surface area contributed by atoms with Gasteiger partial charge in [0.2, 0.25) is 0 Å². The fraction of sp³-hybridized carbons (Fsp3) is 0.800. The monoisotopic (exact) mass is 1060 g/mol. The van der Waals surface area contributed by atoms with Crippen LogP contribution in [0.3, 0.4) is 0 Å². The molecular weight excluding hydrogens is 961 g/mol. The van der Waals surface area contributed by atoms with Gasteiger partial charge in [-0.05, 0) is 57.8 Å². The van der Waals surface area contributed by atoms with Crippen LogP contribution >= 0.6 is 0 Å². The van der Waals surface area contributed by atoms with Crippen LogP contribution in [0.4, 0.5) is 0 Å². The summed E-state index contributed by atoms with van der Waals surface area (Å²) in [6.45, 7) is 2.47. The van der Waals surface area contributed by atoms with E-state index in [1.165, 1.54) is 103 Å². The molecule has 2 saturated heterocycles. The molecule has 434 valence electrons. The quantitative estimate of drug-likeness (QED) is 0.0171. The Kier molecular flexibility index (Phi) is 42.0. The third-order valence-corrected chi connectivity index (χ3v) is 13.8. The molecule has 15 nitrogen and oxygen atoms in total. The van der Waals surface area contributed by atoms with Crippen LogP contribution in [0, 0.1) is 0 Å². The number of allylic oxidation sites excluding steroid dienone is 10. The first-order valence-electron chi connectivity index (χ1n) is 29.4. The minimum atomic E-state index is -1.77. The summed E-state index contributed by atoms with van der Waals surface area (Å²) in [6, 6.07) is 0. The summed E-state index contributed by atoms with van der Waals surface area (Å²) in [7, 11) is 0. The van der Waals surface area contributed by atoms with E-state index in [0.717, 1.165) is 70.6 Å². The summed E-state index contributed by atoms with van der Waals surface area (Å²) in [5.74, 6) is -0.957. The van der Waals surface area contributed by atoms with Crippen LogP contribution in [-0.2, 0) is 38.0 Å². The maximum absolute atomic E-state index is 13.1. The molecule has 0 saturated carbocycles. The summed E-state index contributed by atoms with van der Waals surface area (Å²) >= 11 is 0. The number of carbonyl (C=O) groups excluding carboxylic acids is 2. The van der Waals surface area contributed by atoms with Gasteiger partial charge in [-0.3, -0.25) is 9.59 Å². The summed E-state index contributed by atoms with van der Waals surface area (Å²) in [6.07, 6.45) is 38.1. The van der Waals surface area contributed by atoms with Gasteiger partial charge in [0.1, 0.15) is 55.4 Å². The number of aliphatic hydroxyl groups excluding tert-OH is 7. The van der Waals surface area contributed by atoms with Crippen molar-refractivity contribution in [2.24, 2.45) is 0 Å².